The molecule has 0 saturated carbocycles. The third-order valence-electron chi connectivity index (χ3n) is 3.19. The number of phenols is 1. The van der Waals surface area contributed by atoms with Crippen LogP contribution in [0.25, 0.3) is 0 Å². The maximum atomic E-state index is 12.4. The van der Waals surface area contributed by atoms with Gasteiger partial charge in [0.15, 0.2) is 11.6 Å². The minimum absolute atomic E-state index is 0.0715. The molecular weight excluding hydrogens is 244 g/mol. The fourth-order valence-electron chi connectivity index (χ4n) is 2.36. The molecule has 5 heteroatoms. The summed E-state index contributed by atoms with van der Waals surface area (Å²) in [5, 5.41) is 9.51. The first-order valence-corrected chi connectivity index (χ1v) is 5.61. The van der Waals surface area contributed by atoms with Gasteiger partial charge in [0, 0.05) is 28.6 Å². The van der Waals surface area contributed by atoms with Gasteiger partial charge in [0.05, 0.1) is 11.1 Å². The van der Waals surface area contributed by atoms with Gasteiger partial charge in [0.2, 0.25) is 0 Å². The number of phenolic OH excluding ortho intramolecular Hbond substituents is 1. The Bertz CT molecular complexity index is 751. The van der Waals surface area contributed by atoms with Crippen LogP contribution in [-0.2, 0) is 0 Å². The summed E-state index contributed by atoms with van der Waals surface area (Å²) in [5.41, 5.74) is 12.4. The van der Waals surface area contributed by atoms with Crippen molar-refractivity contribution in [1.29, 1.82) is 0 Å². The molecule has 2 aromatic rings. The second-order valence-electron chi connectivity index (χ2n) is 4.39. The molecule has 5 N–H and O–H groups in total. The maximum Gasteiger partial charge on any atom is 0.198 e. The minimum Gasteiger partial charge on any atom is -0.508 e. The SMILES string of the molecule is Nc1cccc2c1C(=O)c1c(N)cc(O)cc1C2=O. The van der Waals surface area contributed by atoms with Crippen LogP contribution >= 0.6 is 0 Å². The number of nitrogen functional groups attached to an aromatic ring is 2. The van der Waals surface area contributed by atoms with Crippen molar-refractivity contribution in [2.45, 2.75) is 0 Å². The smallest absolute Gasteiger partial charge is 0.198 e. The number of ketones is 2. The van der Waals surface area contributed by atoms with Gasteiger partial charge in [-0.25, -0.2) is 0 Å². The molecular formula is C14H10N2O3. The Kier molecular flexibility index (Phi) is 2.13. The largest absolute Gasteiger partial charge is 0.508 e. The van der Waals surface area contributed by atoms with Crippen LogP contribution in [0.3, 0.4) is 0 Å². The van der Waals surface area contributed by atoms with E-state index in [1.807, 2.05) is 0 Å². The van der Waals surface area contributed by atoms with Crippen LogP contribution in [0.5, 0.6) is 5.75 Å². The summed E-state index contributed by atoms with van der Waals surface area (Å²) in [6.45, 7) is 0. The number of carbonyl (C=O) groups excluding carboxylic acids is 2. The van der Waals surface area contributed by atoms with E-state index in [0.717, 1.165) is 0 Å². The Balaban J connectivity index is 2.40. The molecule has 0 fully saturated rings. The van der Waals surface area contributed by atoms with Gasteiger partial charge >= 0.3 is 0 Å². The van der Waals surface area contributed by atoms with Gasteiger partial charge in [-0.3, -0.25) is 9.59 Å². The zero-order valence-electron chi connectivity index (χ0n) is 9.81. The van der Waals surface area contributed by atoms with Crippen LogP contribution in [-0.4, -0.2) is 16.7 Å². The zero-order chi connectivity index (χ0) is 13.7. The van der Waals surface area contributed by atoms with E-state index in [-0.39, 0.29) is 50.9 Å². The average Bonchev–Trinajstić information content (AvgIpc) is 2.34. The molecule has 3 rings (SSSR count). The molecule has 1 aliphatic carbocycles. The number of hydrogen-bond acceptors (Lipinski definition) is 5. The maximum absolute atomic E-state index is 12.4. The van der Waals surface area contributed by atoms with Crippen LogP contribution in [0.2, 0.25) is 0 Å². The van der Waals surface area contributed by atoms with Crippen molar-refractivity contribution in [3.8, 4) is 5.75 Å². The summed E-state index contributed by atoms with van der Waals surface area (Å²) in [4.78, 5) is 24.7. The summed E-state index contributed by atoms with van der Waals surface area (Å²) in [7, 11) is 0. The molecule has 94 valence electrons. The number of hydrogen-bond donors (Lipinski definition) is 3. The lowest BCUT2D eigenvalue weighted by molar-refractivity contribution is 0.0980. The summed E-state index contributed by atoms with van der Waals surface area (Å²) >= 11 is 0. The van der Waals surface area contributed by atoms with Gasteiger partial charge in [0.25, 0.3) is 0 Å². The van der Waals surface area contributed by atoms with Crippen LogP contribution < -0.4 is 11.5 Å². The van der Waals surface area contributed by atoms with Crippen molar-refractivity contribution in [3.05, 3.63) is 52.6 Å². The van der Waals surface area contributed by atoms with E-state index in [2.05, 4.69) is 0 Å². The molecule has 0 atom stereocenters. The molecule has 0 radical (unpaired) electrons. The quantitative estimate of drug-likeness (QED) is 0.525. The molecule has 19 heavy (non-hydrogen) atoms. The highest BCUT2D eigenvalue weighted by molar-refractivity contribution is 6.31. The van der Waals surface area contributed by atoms with Gasteiger partial charge in [-0.05, 0) is 12.1 Å². The van der Waals surface area contributed by atoms with Crippen LogP contribution in [0.4, 0.5) is 11.4 Å². The Labute approximate surface area is 108 Å². The van der Waals surface area contributed by atoms with E-state index in [1.54, 1.807) is 12.1 Å². The Morgan fingerprint density at radius 3 is 2.26 bits per heavy atom. The third-order valence-corrected chi connectivity index (χ3v) is 3.19. The van der Waals surface area contributed by atoms with Crippen LogP contribution in [0.15, 0.2) is 30.3 Å². The molecule has 0 bridgehead atoms. The van der Waals surface area contributed by atoms with Gasteiger partial charge in [0.1, 0.15) is 5.75 Å². The van der Waals surface area contributed by atoms with E-state index >= 15 is 0 Å². The van der Waals surface area contributed by atoms with E-state index in [1.165, 1.54) is 18.2 Å². The van der Waals surface area contributed by atoms with Gasteiger partial charge < -0.3 is 16.6 Å². The number of benzene rings is 2. The van der Waals surface area contributed by atoms with Crippen molar-refractivity contribution in [2.75, 3.05) is 11.5 Å². The monoisotopic (exact) mass is 254 g/mol. The standard InChI is InChI=1S/C14H10N2O3/c15-9-3-1-2-7-11(9)14(19)12-8(13(7)18)4-6(17)5-10(12)16/h1-5,17H,15-16H2. The van der Waals surface area contributed by atoms with Crippen LogP contribution in [0.1, 0.15) is 31.8 Å². The van der Waals surface area contributed by atoms with Crippen LogP contribution in [0, 0.1) is 0 Å². The second-order valence-corrected chi connectivity index (χ2v) is 4.39. The highest BCUT2D eigenvalue weighted by atomic mass is 16.3. The van der Waals surface area contributed by atoms with Crippen molar-refractivity contribution in [1.82, 2.24) is 0 Å². The summed E-state index contributed by atoms with van der Waals surface area (Å²) in [6.07, 6.45) is 0. The zero-order valence-corrected chi connectivity index (χ0v) is 9.81. The average molecular weight is 254 g/mol. The highest BCUT2D eigenvalue weighted by Crippen LogP contribution is 2.35. The summed E-state index contributed by atoms with van der Waals surface area (Å²) in [6, 6.07) is 7.20. The molecule has 5 nitrogen and oxygen atoms in total. The lowest BCUT2D eigenvalue weighted by atomic mass is 9.82. The van der Waals surface area contributed by atoms with E-state index < -0.39 is 0 Å². The molecule has 0 heterocycles. The lowest BCUT2D eigenvalue weighted by Gasteiger charge is -2.20. The molecule has 0 amide bonds. The first kappa shape index (κ1) is 11.3. The number of anilines is 2. The van der Waals surface area contributed by atoms with Crippen molar-refractivity contribution < 1.29 is 14.7 Å². The van der Waals surface area contributed by atoms with Gasteiger partial charge in [-0.2, -0.15) is 0 Å². The number of aromatic hydroxyl groups is 1. The molecule has 0 spiro atoms. The fourth-order valence-corrected chi connectivity index (χ4v) is 2.36. The van der Waals surface area contributed by atoms with Gasteiger partial charge in [-0.1, -0.05) is 12.1 Å². The predicted octanol–water partition coefficient (Wildman–Crippen LogP) is 1.33. The normalized spacial score (nSPS) is 13.1. The first-order valence-electron chi connectivity index (χ1n) is 5.61. The number of fused-ring (bicyclic) bond motifs is 2. The Morgan fingerprint density at radius 1 is 0.842 bits per heavy atom. The van der Waals surface area contributed by atoms with E-state index in [4.69, 9.17) is 11.5 Å². The number of nitrogens with two attached hydrogens (primary N) is 2. The number of rotatable bonds is 0. The molecule has 0 aromatic heterocycles. The summed E-state index contributed by atoms with van der Waals surface area (Å²) in [5.74, 6) is -0.899. The molecule has 2 aromatic carbocycles. The van der Waals surface area contributed by atoms with Crippen molar-refractivity contribution in [2.24, 2.45) is 0 Å². The Hall–Kier alpha value is -2.82. The third kappa shape index (κ3) is 1.41. The lowest BCUT2D eigenvalue weighted by Crippen LogP contribution is -2.23. The van der Waals surface area contributed by atoms with Crippen molar-refractivity contribution in [3.63, 3.8) is 0 Å². The minimum atomic E-state index is -0.389. The van der Waals surface area contributed by atoms with Crippen molar-refractivity contribution >= 4 is 22.9 Å². The fraction of sp³-hybridized carbons (Fsp3) is 0. The molecule has 0 saturated heterocycles. The van der Waals surface area contributed by atoms with Gasteiger partial charge in [-0.15, -0.1) is 0 Å². The molecule has 1 aliphatic rings. The Morgan fingerprint density at radius 2 is 1.53 bits per heavy atom. The van der Waals surface area contributed by atoms with E-state index in [0.29, 0.717) is 0 Å². The first-order chi connectivity index (χ1) is 9.00. The molecule has 0 unspecified atom stereocenters. The second kappa shape index (κ2) is 3.58. The highest BCUT2D eigenvalue weighted by Gasteiger charge is 2.33. The number of carbonyl (C=O) groups is 2. The van der Waals surface area contributed by atoms with E-state index in [9.17, 15) is 14.7 Å². The summed E-state index contributed by atoms with van der Waals surface area (Å²) < 4.78 is 0. The molecule has 0 aliphatic heterocycles. The predicted molar refractivity (Wildman–Crippen MR) is 70.2 cm³/mol. The topological polar surface area (TPSA) is 106 Å².